The van der Waals surface area contributed by atoms with Crippen molar-refractivity contribution in [2.24, 2.45) is 5.92 Å². The monoisotopic (exact) mass is 393 g/mol. The molecule has 0 N–H and O–H groups in total. The number of rotatable bonds is 4. The van der Waals surface area contributed by atoms with Gasteiger partial charge in [0.1, 0.15) is 5.03 Å². The van der Waals surface area contributed by atoms with Gasteiger partial charge in [-0.05, 0) is 56.0 Å². The summed E-state index contributed by atoms with van der Waals surface area (Å²) in [5.41, 5.74) is 1.49. The maximum atomic E-state index is 12.7. The minimum Gasteiger partial charge on any atom is -0.462 e. The van der Waals surface area contributed by atoms with Gasteiger partial charge in [-0.1, -0.05) is 29.3 Å². The first-order valence-corrected chi connectivity index (χ1v) is 9.10. The Bertz CT molecular complexity index is 844. The van der Waals surface area contributed by atoms with Crippen LogP contribution in [-0.4, -0.2) is 24.4 Å². The Morgan fingerprint density at radius 1 is 1.38 bits per heavy atom. The van der Waals surface area contributed by atoms with Crippen molar-refractivity contribution in [3.05, 3.63) is 45.5 Å². The SMILES string of the molecule is CCOC(=O)C(Cl)=Cc1cc(N2C(=O)C3=CC(CCC3)C2=O)ccc1Cl. The molecule has 2 aliphatic rings. The second-order valence-electron chi connectivity index (χ2n) is 6.09. The summed E-state index contributed by atoms with van der Waals surface area (Å²) in [5, 5.41) is 0.203. The average molecular weight is 394 g/mol. The number of carbonyl (C=O) groups is 3. The van der Waals surface area contributed by atoms with Crippen LogP contribution >= 0.6 is 23.2 Å². The van der Waals surface area contributed by atoms with Crippen molar-refractivity contribution in [1.29, 1.82) is 0 Å². The molecule has 5 nitrogen and oxygen atoms in total. The van der Waals surface area contributed by atoms with Crippen molar-refractivity contribution in [3.8, 4) is 0 Å². The number of halogens is 2. The molecule has 0 saturated heterocycles. The van der Waals surface area contributed by atoms with Crippen LogP contribution in [0, 0.1) is 5.92 Å². The zero-order valence-corrected chi connectivity index (χ0v) is 15.6. The standard InChI is InChI=1S/C19H17Cl2NO4/c1-2-26-19(25)16(21)10-13-9-14(6-7-15(13)20)22-17(23)11-4-3-5-12(8-11)18(22)24/h6-11H,2-5H2,1H3. The molecule has 2 amide bonds. The van der Waals surface area contributed by atoms with Gasteiger partial charge in [0, 0.05) is 10.6 Å². The third-order valence-electron chi connectivity index (χ3n) is 4.37. The molecule has 136 valence electrons. The van der Waals surface area contributed by atoms with Crippen molar-refractivity contribution in [1.82, 2.24) is 0 Å². The molecule has 0 radical (unpaired) electrons. The number of esters is 1. The molecule has 26 heavy (non-hydrogen) atoms. The molecular formula is C19H17Cl2NO4. The Morgan fingerprint density at radius 3 is 2.88 bits per heavy atom. The molecule has 1 aromatic rings. The van der Waals surface area contributed by atoms with Crippen LogP contribution < -0.4 is 4.90 Å². The molecule has 0 aromatic heterocycles. The third-order valence-corrected chi connectivity index (χ3v) is 4.98. The molecule has 1 aliphatic heterocycles. The number of imide groups is 1. The molecule has 1 heterocycles. The number of benzene rings is 1. The van der Waals surface area contributed by atoms with Gasteiger partial charge < -0.3 is 4.74 Å². The summed E-state index contributed by atoms with van der Waals surface area (Å²) >= 11 is 12.1. The van der Waals surface area contributed by atoms with Gasteiger partial charge in [0.2, 0.25) is 5.91 Å². The molecule has 1 aromatic carbocycles. The fourth-order valence-corrected chi connectivity index (χ4v) is 3.47. The van der Waals surface area contributed by atoms with Crippen molar-refractivity contribution in [2.45, 2.75) is 26.2 Å². The molecule has 1 unspecified atom stereocenters. The average Bonchev–Trinajstić information content (AvgIpc) is 2.63. The predicted molar refractivity (Wildman–Crippen MR) is 99.8 cm³/mol. The molecule has 7 heteroatoms. The smallest absolute Gasteiger partial charge is 0.349 e. The summed E-state index contributed by atoms with van der Waals surface area (Å²) in [4.78, 5) is 38.2. The fourth-order valence-electron chi connectivity index (χ4n) is 3.13. The summed E-state index contributed by atoms with van der Waals surface area (Å²) in [5.74, 6) is -1.48. The number of anilines is 1. The van der Waals surface area contributed by atoms with Gasteiger partial charge >= 0.3 is 5.97 Å². The lowest BCUT2D eigenvalue weighted by atomic mass is 9.85. The molecule has 0 saturated carbocycles. The second kappa shape index (κ2) is 7.64. The Labute approximate surface area is 161 Å². The number of hydrogen-bond acceptors (Lipinski definition) is 4. The lowest BCUT2D eigenvalue weighted by Gasteiger charge is -2.33. The minimum absolute atomic E-state index is 0.137. The Balaban J connectivity index is 1.96. The molecular weight excluding hydrogens is 377 g/mol. The van der Waals surface area contributed by atoms with Gasteiger partial charge in [-0.25, -0.2) is 9.69 Å². The van der Waals surface area contributed by atoms with Crippen LogP contribution in [0.4, 0.5) is 5.69 Å². The molecule has 3 rings (SSSR count). The van der Waals surface area contributed by atoms with E-state index in [0.29, 0.717) is 28.3 Å². The van der Waals surface area contributed by atoms with E-state index < -0.39 is 5.97 Å². The van der Waals surface area contributed by atoms with Crippen molar-refractivity contribution < 1.29 is 19.1 Å². The van der Waals surface area contributed by atoms with E-state index in [9.17, 15) is 14.4 Å². The van der Waals surface area contributed by atoms with E-state index >= 15 is 0 Å². The highest BCUT2D eigenvalue weighted by molar-refractivity contribution is 6.43. The van der Waals surface area contributed by atoms with Crippen LogP contribution in [0.5, 0.6) is 0 Å². The van der Waals surface area contributed by atoms with E-state index in [0.717, 1.165) is 12.8 Å². The Kier molecular flexibility index (Phi) is 5.49. The fraction of sp³-hybridized carbons (Fsp3) is 0.316. The zero-order chi connectivity index (χ0) is 18.8. The number of fused-ring (bicyclic) bond motifs is 1. The minimum atomic E-state index is -0.666. The van der Waals surface area contributed by atoms with E-state index in [1.54, 1.807) is 31.2 Å². The van der Waals surface area contributed by atoms with Crippen molar-refractivity contribution >= 4 is 52.7 Å². The lowest BCUT2D eigenvalue weighted by molar-refractivity contribution is -0.137. The van der Waals surface area contributed by atoms with Crippen LogP contribution in [0.1, 0.15) is 31.7 Å². The van der Waals surface area contributed by atoms with Crippen LogP contribution in [-0.2, 0) is 19.1 Å². The highest BCUT2D eigenvalue weighted by Gasteiger charge is 2.38. The maximum Gasteiger partial charge on any atom is 0.349 e. The van der Waals surface area contributed by atoms with E-state index in [-0.39, 0.29) is 29.4 Å². The summed E-state index contributed by atoms with van der Waals surface area (Å²) in [7, 11) is 0. The molecule has 2 bridgehead atoms. The van der Waals surface area contributed by atoms with Gasteiger partial charge in [0.25, 0.3) is 5.91 Å². The van der Waals surface area contributed by atoms with Crippen LogP contribution in [0.2, 0.25) is 5.02 Å². The second-order valence-corrected chi connectivity index (χ2v) is 6.90. The third kappa shape index (κ3) is 3.55. The lowest BCUT2D eigenvalue weighted by Crippen LogP contribution is -2.46. The quantitative estimate of drug-likeness (QED) is 0.439. The van der Waals surface area contributed by atoms with Crippen LogP contribution in [0.15, 0.2) is 34.9 Å². The van der Waals surface area contributed by atoms with E-state index in [4.69, 9.17) is 27.9 Å². The van der Waals surface area contributed by atoms with Crippen LogP contribution in [0.3, 0.4) is 0 Å². The first-order valence-electron chi connectivity index (χ1n) is 8.35. The van der Waals surface area contributed by atoms with Gasteiger partial charge in [-0.15, -0.1) is 0 Å². The Hall–Kier alpha value is -2.11. The Morgan fingerprint density at radius 2 is 2.15 bits per heavy atom. The van der Waals surface area contributed by atoms with Gasteiger partial charge in [-0.2, -0.15) is 0 Å². The highest BCUT2D eigenvalue weighted by Crippen LogP contribution is 2.35. The summed E-state index contributed by atoms with van der Waals surface area (Å²) < 4.78 is 4.84. The number of carbonyl (C=O) groups excluding carboxylic acids is 3. The van der Waals surface area contributed by atoms with Gasteiger partial charge in [0.05, 0.1) is 18.2 Å². The predicted octanol–water partition coefficient (Wildman–Crippen LogP) is 4.08. The van der Waals surface area contributed by atoms with Crippen molar-refractivity contribution in [2.75, 3.05) is 11.5 Å². The van der Waals surface area contributed by atoms with Gasteiger partial charge in [-0.3, -0.25) is 9.59 Å². The number of hydrogen-bond donors (Lipinski definition) is 0. The first kappa shape index (κ1) is 18.7. The first-order chi connectivity index (χ1) is 12.4. The zero-order valence-electron chi connectivity index (χ0n) is 14.1. The number of ether oxygens (including phenoxy) is 1. The van der Waals surface area contributed by atoms with Gasteiger partial charge in [0.15, 0.2) is 0 Å². The van der Waals surface area contributed by atoms with E-state index in [1.807, 2.05) is 0 Å². The number of nitrogens with zero attached hydrogens (tertiary/aromatic N) is 1. The molecule has 1 atom stereocenters. The maximum absolute atomic E-state index is 12.7. The highest BCUT2D eigenvalue weighted by atomic mass is 35.5. The number of amides is 2. The summed E-state index contributed by atoms with van der Waals surface area (Å²) in [6.45, 7) is 1.87. The molecule has 1 aliphatic carbocycles. The largest absolute Gasteiger partial charge is 0.462 e. The molecule has 0 spiro atoms. The summed E-state index contributed by atoms with van der Waals surface area (Å²) in [6, 6.07) is 4.74. The normalized spacial score (nSPS) is 20.1. The van der Waals surface area contributed by atoms with Crippen LogP contribution in [0.25, 0.3) is 6.08 Å². The summed E-state index contributed by atoms with van der Waals surface area (Å²) in [6.07, 6.45) is 5.39. The van der Waals surface area contributed by atoms with Crippen molar-refractivity contribution in [3.63, 3.8) is 0 Å². The van der Waals surface area contributed by atoms with E-state index in [1.165, 1.54) is 11.0 Å². The topological polar surface area (TPSA) is 63.7 Å². The molecule has 0 fully saturated rings. The van der Waals surface area contributed by atoms with E-state index in [2.05, 4.69) is 0 Å².